The van der Waals surface area contributed by atoms with E-state index in [1.165, 1.54) is 0 Å². The third kappa shape index (κ3) is 3.73. The molecule has 1 amide bonds. The summed E-state index contributed by atoms with van der Waals surface area (Å²) in [5, 5.41) is 3.42. The predicted octanol–water partition coefficient (Wildman–Crippen LogP) is 4.27. The summed E-state index contributed by atoms with van der Waals surface area (Å²) < 4.78 is 11.0. The van der Waals surface area contributed by atoms with Gasteiger partial charge in [-0.1, -0.05) is 24.9 Å². The molecule has 0 saturated heterocycles. The normalized spacial score (nSPS) is 24.8. The number of nitrogens with one attached hydrogen (secondary N) is 1. The van der Waals surface area contributed by atoms with Gasteiger partial charge in [-0.3, -0.25) is 4.79 Å². The topological polar surface area (TPSA) is 47.6 Å². The summed E-state index contributed by atoms with van der Waals surface area (Å²) in [6.45, 7) is 4.61. The van der Waals surface area contributed by atoms with Crippen molar-refractivity contribution in [1.82, 2.24) is 0 Å². The van der Waals surface area contributed by atoms with Crippen molar-refractivity contribution in [1.29, 1.82) is 0 Å². The minimum atomic E-state index is -0.733. The summed E-state index contributed by atoms with van der Waals surface area (Å²) in [6, 6.07) is 5.27. The maximum Gasteiger partial charge on any atom is 0.256 e. The number of rotatable bonds is 5. The maximum atomic E-state index is 12.7. The second-order valence-electron chi connectivity index (χ2n) is 5.93. The molecule has 0 spiro atoms. The molecule has 0 unspecified atom stereocenters. The van der Waals surface area contributed by atoms with Crippen LogP contribution in [0, 0.1) is 5.92 Å². The second-order valence-corrected chi connectivity index (χ2v) is 6.34. The average Bonchev–Trinajstić information content (AvgIpc) is 2.50. The third-order valence-electron chi connectivity index (χ3n) is 4.25. The summed E-state index contributed by atoms with van der Waals surface area (Å²) in [7, 11) is 1.61. The van der Waals surface area contributed by atoms with Gasteiger partial charge < -0.3 is 14.8 Å². The molecule has 0 aromatic heterocycles. The van der Waals surface area contributed by atoms with Crippen LogP contribution in [0.5, 0.6) is 5.75 Å². The molecular weight excluding hydrogens is 302 g/mol. The number of hydrogen-bond acceptors (Lipinski definition) is 3. The summed E-state index contributed by atoms with van der Waals surface area (Å²) in [4.78, 5) is 12.7. The number of ether oxygens (including phenoxy) is 2. The Morgan fingerprint density at radius 2 is 2.27 bits per heavy atom. The molecule has 22 heavy (non-hydrogen) atoms. The lowest BCUT2D eigenvalue weighted by Crippen LogP contribution is -2.47. The minimum absolute atomic E-state index is 0.0956. The molecule has 5 heteroatoms. The fraction of sp³-hybridized carbons (Fsp3) is 0.588. The Kier molecular flexibility index (Phi) is 5.70. The number of hydrogen-bond donors (Lipinski definition) is 1. The lowest BCUT2D eigenvalue weighted by molar-refractivity contribution is -0.143. The fourth-order valence-corrected chi connectivity index (χ4v) is 3.32. The van der Waals surface area contributed by atoms with Crippen LogP contribution in [0.3, 0.4) is 0 Å². The Bertz CT molecular complexity index is 535. The molecule has 1 N–H and O–H groups in total. The number of benzene rings is 1. The average molecular weight is 326 g/mol. The fourth-order valence-electron chi connectivity index (χ4n) is 3.08. The highest BCUT2D eigenvalue weighted by molar-refractivity contribution is 6.32. The number of halogens is 1. The van der Waals surface area contributed by atoms with Gasteiger partial charge in [0.25, 0.3) is 5.91 Å². The first-order valence-corrected chi connectivity index (χ1v) is 8.17. The van der Waals surface area contributed by atoms with Crippen molar-refractivity contribution < 1.29 is 14.3 Å². The highest BCUT2D eigenvalue weighted by atomic mass is 35.5. The highest BCUT2D eigenvalue weighted by Gasteiger charge is 2.42. The molecule has 1 saturated carbocycles. The molecule has 1 aromatic carbocycles. The van der Waals surface area contributed by atoms with Crippen molar-refractivity contribution in [3.8, 4) is 5.75 Å². The van der Waals surface area contributed by atoms with Crippen molar-refractivity contribution in [2.75, 3.05) is 19.0 Å². The number of carbonyl (C=O) groups excluding carboxylic acids is 1. The second kappa shape index (κ2) is 7.34. The van der Waals surface area contributed by atoms with Gasteiger partial charge in [0.2, 0.25) is 0 Å². The van der Waals surface area contributed by atoms with E-state index in [0.29, 0.717) is 29.0 Å². The van der Waals surface area contributed by atoms with E-state index in [1.807, 2.05) is 6.92 Å². The number of methoxy groups -OCH3 is 1. The van der Waals surface area contributed by atoms with Crippen molar-refractivity contribution in [3.05, 3.63) is 23.2 Å². The van der Waals surface area contributed by atoms with Gasteiger partial charge in [0.1, 0.15) is 11.4 Å². The SMILES string of the molecule is CCOc1ccc(NC(=O)[C@]2(OC)CCC[C@@H](C)C2)cc1Cl. The predicted molar refractivity (Wildman–Crippen MR) is 88.6 cm³/mol. The van der Waals surface area contributed by atoms with E-state index >= 15 is 0 Å². The van der Waals surface area contributed by atoms with Gasteiger partial charge in [-0.25, -0.2) is 0 Å². The van der Waals surface area contributed by atoms with Gasteiger partial charge in [0, 0.05) is 12.8 Å². The Hall–Kier alpha value is -1.26. The molecule has 1 aliphatic rings. The van der Waals surface area contributed by atoms with E-state index in [0.717, 1.165) is 25.7 Å². The molecule has 0 aliphatic heterocycles. The summed E-state index contributed by atoms with van der Waals surface area (Å²) >= 11 is 6.16. The van der Waals surface area contributed by atoms with Gasteiger partial charge in [-0.15, -0.1) is 0 Å². The lowest BCUT2D eigenvalue weighted by Gasteiger charge is -2.37. The van der Waals surface area contributed by atoms with Crippen molar-refractivity contribution in [3.63, 3.8) is 0 Å². The van der Waals surface area contributed by atoms with Crippen LogP contribution in [-0.2, 0) is 9.53 Å². The standard InChI is InChI=1S/C17H24ClNO3/c1-4-22-15-8-7-13(10-14(15)18)19-16(20)17(21-3)9-5-6-12(2)11-17/h7-8,10,12H,4-6,9,11H2,1-3H3,(H,19,20)/t12-,17+/m1/s1. The Morgan fingerprint density at radius 3 is 2.86 bits per heavy atom. The quantitative estimate of drug-likeness (QED) is 0.879. The molecule has 122 valence electrons. The number of anilines is 1. The molecule has 2 atom stereocenters. The third-order valence-corrected chi connectivity index (χ3v) is 4.55. The van der Waals surface area contributed by atoms with Crippen LogP contribution in [0.4, 0.5) is 5.69 Å². The van der Waals surface area contributed by atoms with Crippen molar-refractivity contribution in [2.24, 2.45) is 5.92 Å². The molecule has 0 radical (unpaired) electrons. The monoisotopic (exact) mass is 325 g/mol. The van der Waals surface area contributed by atoms with Crippen LogP contribution in [-0.4, -0.2) is 25.2 Å². The molecule has 0 heterocycles. The molecule has 2 rings (SSSR count). The minimum Gasteiger partial charge on any atom is -0.492 e. The van der Waals surface area contributed by atoms with Gasteiger partial charge in [-0.2, -0.15) is 0 Å². The summed E-state index contributed by atoms with van der Waals surface area (Å²) in [6.07, 6.45) is 3.66. The molecule has 1 aliphatic carbocycles. The first-order valence-electron chi connectivity index (χ1n) is 7.79. The first kappa shape index (κ1) is 17.1. The van der Waals surface area contributed by atoms with Crippen LogP contribution in [0.2, 0.25) is 5.02 Å². The molecule has 4 nitrogen and oxygen atoms in total. The maximum absolute atomic E-state index is 12.7. The van der Waals surface area contributed by atoms with Gasteiger partial charge in [0.15, 0.2) is 0 Å². The lowest BCUT2D eigenvalue weighted by atomic mass is 9.78. The molecule has 1 fully saturated rings. The van der Waals surface area contributed by atoms with Crippen LogP contribution in [0.15, 0.2) is 18.2 Å². The van der Waals surface area contributed by atoms with Crippen LogP contribution >= 0.6 is 11.6 Å². The van der Waals surface area contributed by atoms with E-state index in [-0.39, 0.29) is 5.91 Å². The molecule has 1 aromatic rings. The summed E-state index contributed by atoms with van der Waals surface area (Å²) in [5.41, 5.74) is -0.0731. The molecule has 0 bridgehead atoms. The summed E-state index contributed by atoms with van der Waals surface area (Å²) in [5.74, 6) is 1.01. The zero-order valence-electron chi connectivity index (χ0n) is 13.4. The number of amides is 1. The Labute approximate surface area is 137 Å². The van der Waals surface area contributed by atoms with Crippen LogP contribution < -0.4 is 10.1 Å². The van der Waals surface area contributed by atoms with Gasteiger partial charge in [0.05, 0.1) is 11.6 Å². The zero-order valence-corrected chi connectivity index (χ0v) is 14.2. The highest BCUT2D eigenvalue weighted by Crippen LogP contribution is 2.36. The van der Waals surface area contributed by atoms with E-state index in [4.69, 9.17) is 21.1 Å². The first-order chi connectivity index (χ1) is 10.5. The Balaban J connectivity index is 2.12. The van der Waals surface area contributed by atoms with E-state index < -0.39 is 5.60 Å². The van der Waals surface area contributed by atoms with Crippen LogP contribution in [0.1, 0.15) is 39.5 Å². The van der Waals surface area contributed by atoms with Crippen molar-refractivity contribution >= 4 is 23.2 Å². The van der Waals surface area contributed by atoms with E-state index in [1.54, 1.807) is 25.3 Å². The van der Waals surface area contributed by atoms with Crippen LogP contribution in [0.25, 0.3) is 0 Å². The van der Waals surface area contributed by atoms with E-state index in [9.17, 15) is 4.79 Å². The number of carbonyl (C=O) groups is 1. The molecular formula is C17H24ClNO3. The zero-order chi connectivity index (χ0) is 16.2. The van der Waals surface area contributed by atoms with E-state index in [2.05, 4.69) is 12.2 Å². The van der Waals surface area contributed by atoms with Gasteiger partial charge in [-0.05, 0) is 50.3 Å². The largest absolute Gasteiger partial charge is 0.492 e. The van der Waals surface area contributed by atoms with Gasteiger partial charge >= 0.3 is 0 Å². The Morgan fingerprint density at radius 1 is 1.50 bits per heavy atom. The smallest absolute Gasteiger partial charge is 0.256 e. The van der Waals surface area contributed by atoms with Crippen molar-refractivity contribution in [2.45, 2.75) is 45.1 Å².